The zero-order valence-corrected chi connectivity index (χ0v) is 17.5. The number of rotatable bonds is 6. The minimum Gasteiger partial charge on any atom is -0.383 e. The molecular formula is C19H15Cl2N3O4S. The maximum absolute atomic E-state index is 12.4. The molecular weight excluding hydrogens is 437 g/mol. The average molecular weight is 452 g/mol. The van der Waals surface area contributed by atoms with Crippen LogP contribution in [0.5, 0.6) is 0 Å². The zero-order chi connectivity index (χ0) is 21.0. The summed E-state index contributed by atoms with van der Waals surface area (Å²) in [4.78, 5) is 27.2. The summed E-state index contributed by atoms with van der Waals surface area (Å²) in [5, 5.41) is 11.5. The second-order valence-corrected chi connectivity index (χ2v) is 7.66. The molecule has 10 heteroatoms. The number of methoxy groups -OCH3 is 1. The molecule has 1 aromatic heterocycles. The molecule has 7 nitrogen and oxygen atoms in total. The Bertz CT molecular complexity index is 1170. The second kappa shape index (κ2) is 9.32. The van der Waals surface area contributed by atoms with Crippen molar-refractivity contribution in [2.24, 2.45) is 4.99 Å². The maximum Gasteiger partial charge on any atom is 0.272 e. The first-order chi connectivity index (χ1) is 13.9. The Morgan fingerprint density at radius 3 is 2.66 bits per heavy atom. The fraction of sp³-hybridized carbons (Fsp3) is 0.158. The molecule has 0 bridgehead atoms. The van der Waals surface area contributed by atoms with Crippen LogP contribution < -0.4 is 4.80 Å². The molecule has 0 aliphatic carbocycles. The summed E-state index contributed by atoms with van der Waals surface area (Å²) in [5.74, 6) is -0.469. The third kappa shape index (κ3) is 4.91. The predicted molar refractivity (Wildman–Crippen MR) is 114 cm³/mol. The van der Waals surface area contributed by atoms with Crippen molar-refractivity contribution in [1.82, 2.24) is 4.57 Å². The number of nitrogens with zero attached hydrogens (tertiary/aromatic N) is 3. The van der Waals surface area contributed by atoms with Crippen LogP contribution in [-0.4, -0.2) is 29.1 Å². The van der Waals surface area contributed by atoms with Crippen molar-refractivity contribution in [3.63, 3.8) is 0 Å². The van der Waals surface area contributed by atoms with Crippen molar-refractivity contribution in [3.8, 4) is 0 Å². The lowest BCUT2D eigenvalue weighted by molar-refractivity contribution is -0.384. The fourth-order valence-electron chi connectivity index (χ4n) is 2.58. The monoisotopic (exact) mass is 451 g/mol. The van der Waals surface area contributed by atoms with Gasteiger partial charge in [0.2, 0.25) is 0 Å². The van der Waals surface area contributed by atoms with Crippen molar-refractivity contribution < 1.29 is 14.5 Å². The van der Waals surface area contributed by atoms with Gasteiger partial charge in [0.15, 0.2) is 4.80 Å². The molecule has 0 unspecified atom stereocenters. The van der Waals surface area contributed by atoms with E-state index in [1.165, 1.54) is 29.5 Å². The first-order valence-electron chi connectivity index (χ1n) is 8.38. The summed E-state index contributed by atoms with van der Waals surface area (Å²) in [7, 11) is 1.58. The van der Waals surface area contributed by atoms with E-state index in [2.05, 4.69) is 4.99 Å². The molecule has 0 aliphatic heterocycles. The van der Waals surface area contributed by atoms with Crippen LogP contribution in [0.3, 0.4) is 0 Å². The molecule has 2 aromatic carbocycles. The molecule has 0 N–H and O–H groups in total. The van der Waals surface area contributed by atoms with Gasteiger partial charge < -0.3 is 9.30 Å². The molecule has 150 valence electrons. The van der Waals surface area contributed by atoms with Gasteiger partial charge >= 0.3 is 0 Å². The predicted octanol–water partition coefficient (Wildman–Crippen LogP) is 4.70. The van der Waals surface area contributed by atoms with Gasteiger partial charge in [0.05, 0.1) is 31.8 Å². The van der Waals surface area contributed by atoms with E-state index >= 15 is 0 Å². The number of halogens is 2. The number of thiazole rings is 1. The van der Waals surface area contributed by atoms with Crippen LogP contribution in [0.1, 0.15) is 5.56 Å². The van der Waals surface area contributed by atoms with Crippen LogP contribution in [0, 0.1) is 10.1 Å². The Labute approximate surface area is 179 Å². The Morgan fingerprint density at radius 2 is 2.00 bits per heavy atom. The number of fused-ring (bicyclic) bond motifs is 1. The van der Waals surface area contributed by atoms with Crippen LogP contribution in [0.25, 0.3) is 16.3 Å². The molecule has 29 heavy (non-hydrogen) atoms. The van der Waals surface area contributed by atoms with E-state index in [1.807, 2.05) is 6.07 Å². The summed E-state index contributed by atoms with van der Waals surface area (Å²) in [6.07, 6.45) is 2.85. The number of carbonyl (C=O) groups excluding carboxylic acids is 1. The smallest absolute Gasteiger partial charge is 0.272 e. The van der Waals surface area contributed by atoms with E-state index in [-0.39, 0.29) is 5.69 Å². The summed E-state index contributed by atoms with van der Waals surface area (Å²) < 4.78 is 7.79. The van der Waals surface area contributed by atoms with Gasteiger partial charge in [0.1, 0.15) is 0 Å². The summed E-state index contributed by atoms with van der Waals surface area (Å²) in [6, 6.07) is 9.39. The summed E-state index contributed by atoms with van der Waals surface area (Å²) in [6.45, 7) is 0.865. The Balaban J connectivity index is 1.95. The van der Waals surface area contributed by atoms with Gasteiger partial charge in [0.25, 0.3) is 11.6 Å². The number of hydrogen-bond acceptors (Lipinski definition) is 5. The van der Waals surface area contributed by atoms with E-state index in [1.54, 1.807) is 36.0 Å². The van der Waals surface area contributed by atoms with Crippen LogP contribution in [0.4, 0.5) is 5.69 Å². The lowest BCUT2D eigenvalue weighted by Gasteiger charge is -2.06. The standard InChI is InChI=1S/C19H15Cl2N3O4S/c1-28-11-10-23-18-15(8-7-14(20)17(18)21)29-19(23)22-16(25)9-4-12-2-5-13(6-3-12)24(26)27/h2-9H,10-11H2,1H3/b9-4-,22-19?. The van der Waals surface area contributed by atoms with Crippen molar-refractivity contribution in [2.75, 3.05) is 13.7 Å². The molecule has 0 saturated carbocycles. The molecule has 3 rings (SSSR count). The second-order valence-electron chi connectivity index (χ2n) is 5.87. The van der Waals surface area contributed by atoms with E-state index in [0.717, 1.165) is 4.70 Å². The Hall–Kier alpha value is -2.52. The maximum atomic E-state index is 12.4. The SMILES string of the molecule is COCCn1c(=NC(=O)/C=C\c2ccc([N+](=O)[O-])cc2)sc2ccc(Cl)c(Cl)c21. The lowest BCUT2D eigenvalue weighted by atomic mass is 10.2. The highest BCUT2D eigenvalue weighted by molar-refractivity contribution is 7.16. The largest absolute Gasteiger partial charge is 0.383 e. The summed E-state index contributed by atoms with van der Waals surface area (Å²) >= 11 is 13.8. The minimum atomic E-state index is -0.481. The van der Waals surface area contributed by atoms with Crippen molar-refractivity contribution >= 4 is 62.4 Å². The number of nitro groups is 1. The summed E-state index contributed by atoms with van der Waals surface area (Å²) in [5.41, 5.74) is 1.34. The number of nitro benzene ring substituents is 1. The quantitative estimate of drug-likeness (QED) is 0.308. The number of hydrogen-bond donors (Lipinski definition) is 0. The average Bonchev–Trinajstić information content (AvgIpc) is 3.05. The van der Waals surface area contributed by atoms with Gasteiger partial charge in [0, 0.05) is 31.9 Å². The molecule has 1 heterocycles. The highest BCUT2D eigenvalue weighted by Crippen LogP contribution is 2.32. The Kier molecular flexibility index (Phi) is 6.81. The first-order valence-corrected chi connectivity index (χ1v) is 9.95. The number of carbonyl (C=O) groups is 1. The van der Waals surface area contributed by atoms with E-state index in [4.69, 9.17) is 27.9 Å². The fourth-order valence-corrected chi connectivity index (χ4v) is 4.13. The number of ether oxygens (including phenoxy) is 1. The van der Waals surface area contributed by atoms with Crippen LogP contribution in [0.2, 0.25) is 10.0 Å². The van der Waals surface area contributed by atoms with Gasteiger partial charge in [-0.15, -0.1) is 0 Å². The highest BCUT2D eigenvalue weighted by atomic mass is 35.5. The number of benzene rings is 2. The molecule has 0 saturated heterocycles. The van der Waals surface area contributed by atoms with E-state index in [9.17, 15) is 14.9 Å². The molecule has 0 radical (unpaired) electrons. The van der Waals surface area contributed by atoms with Crippen molar-refractivity contribution in [2.45, 2.75) is 6.54 Å². The molecule has 0 atom stereocenters. The van der Waals surface area contributed by atoms with Crippen LogP contribution in [-0.2, 0) is 16.1 Å². The minimum absolute atomic E-state index is 0.0156. The van der Waals surface area contributed by atoms with Crippen LogP contribution in [0.15, 0.2) is 47.5 Å². The normalized spacial score (nSPS) is 12.2. The van der Waals surface area contributed by atoms with Gasteiger partial charge in [-0.2, -0.15) is 4.99 Å². The number of amides is 1. The molecule has 0 spiro atoms. The first kappa shape index (κ1) is 21.2. The Morgan fingerprint density at radius 1 is 1.28 bits per heavy atom. The van der Waals surface area contributed by atoms with E-state index < -0.39 is 10.8 Å². The molecule has 0 fully saturated rings. The molecule has 1 amide bonds. The zero-order valence-electron chi connectivity index (χ0n) is 15.2. The third-order valence-corrected chi connectivity index (χ3v) is 5.82. The van der Waals surface area contributed by atoms with Gasteiger partial charge in [-0.1, -0.05) is 34.5 Å². The van der Waals surface area contributed by atoms with E-state index in [0.29, 0.717) is 39.1 Å². The van der Waals surface area contributed by atoms with Gasteiger partial charge in [-0.3, -0.25) is 14.9 Å². The molecule has 0 aliphatic rings. The van der Waals surface area contributed by atoms with Crippen molar-refractivity contribution in [1.29, 1.82) is 0 Å². The number of non-ortho nitro benzene ring substituents is 1. The van der Waals surface area contributed by atoms with Crippen molar-refractivity contribution in [3.05, 3.63) is 73.0 Å². The third-order valence-electron chi connectivity index (χ3n) is 3.98. The lowest BCUT2D eigenvalue weighted by Crippen LogP contribution is -2.19. The van der Waals surface area contributed by atoms with Gasteiger partial charge in [-0.05, 0) is 35.9 Å². The topological polar surface area (TPSA) is 86.7 Å². The highest BCUT2D eigenvalue weighted by Gasteiger charge is 2.13. The molecule has 3 aromatic rings. The van der Waals surface area contributed by atoms with Crippen LogP contribution >= 0.6 is 34.5 Å². The number of aromatic nitrogens is 1. The van der Waals surface area contributed by atoms with Gasteiger partial charge in [-0.25, -0.2) is 0 Å².